The van der Waals surface area contributed by atoms with E-state index in [0.29, 0.717) is 17.8 Å². The highest BCUT2D eigenvalue weighted by Gasteiger charge is 2.28. The van der Waals surface area contributed by atoms with Gasteiger partial charge in [0, 0.05) is 16.7 Å². The highest BCUT2D eigenvalue weighted by molar-refractivity contribution is 5.80. The predicted molar refractivity (Wildman–Crippen MR) is 113 cm³/mol. The molecule has 0 amide bonds. The molecule has 0 fully saturated rings. The summed E-state index contributed by atoms with van der Waals surface area (Å²) in [7, 11) is 0. The molecule has 2 heteroatoms. The first-order valence-corrected chi connectivity index (χ1v) is 10.00. The van der Waals surface area contributed by atoms with E-state index in [4.69, 9.17) is 0 Å². The number of rotatable bonds is 5. The molecule has 2 nitrogen and oxygen atoms in total. The summed E-state index contributed by atoms with van der Waals surface area (Å²) >= 11 is 0. The first-order chi connectivity index (χ1) is 12.4. The third-order valence-corrected chi connectivity index (χ3v) is 5.36. The van der Waals surface area contributed by atoms with Crippen LogP contribution in [0.4, 0.5) is 11.4 Å². The molecule has 0 spiro atoms. The average Bonchev–Trinajstić information content (AvgIpc) is 3.10. The molecule has 0 aromatic heterocycles. The second-order valence-electron chi connectivity index (χ2n) is 8.31. The topological polar surface area (TPSA) is 6.25 Å². The van der Waals surface area contributed by atoms with Gasteiger partial charge in [0.1, 0.15) is 24.5 Å². The maximum atomic E-state index is 2.47. The van der Waals surface area contributed by atoms with Crippen LogP contribution in [0.5, 0.6) is 0 Å². The van der Waals surface area contributed by atoms with Gasteiger partial charge in [0.25, 0.3) is 0 Å². The predicted octanol–water partition coefficient (Wildman–Crippen LogP) is 6.25. The van der Waals surface area contributed by atoms with E-state index in [1.165, 1.54) is 28.1 Å². The number of hydrogen-bond acceptors (Lipinski definition) is 1. The van der Waals surface area contributed by atoms with E-state index >= 15 is 0 Å². The van der Waals surface area contributed by atoms with Crippen molar-refractivity contribution in [2.75, 3.05) is 18.0 Å². The molecular formula is C24H33N2+. The van der Waals surface area contributed by atoms with Crippen molar-refractivity contribution in [1.82, 2.24) is 0 Å². The van der Waals surface area contributed by atoms with Crippen molar-refractivity contribution < 1.29 is 4.58 Å². The highest BCUT2D eigenvalue weighted by atomic mass is 15.3. The molecule has 0 aliphatic carbocycles. The number of anilines is 1. The smallest absolute Gasteiger partial charge is 0.229 e. The quantitative estimate of drug-likeness (QED) is 0.578. The molecule has 138 valence electrons. The van der Waals surface area contributed by atoms with Crippen molar-refractivity contribution in [3.63, 3.8) is 0 Å². The summed E-state index contributed by atoms with van der Waals surface area (Å²) in [5, 5.41) is 0. The van der Waals surface area contributed by atoms with Crippen LogP contribution < -0.4 is 4.90 Å². The fraction of sp³-hybridized carbons (Fsp3) is 0.458. The molecule has 0 atom stereocenters. The highest BCUT2D eigenvalue weighted by Crippen LogP contribution is 2.36. The van der Waals surface area contributed by atoms with E-state index in [2.05, 4.69) is 99.8 Å². The maximum absolute atomic E-state index is 2.47. The monoisotopic (exact) mass is 349 g/mol. The molecule has 0 unspecified atom stereocenters. The lowest BCUT2D eigenvalue weighted by atomic mass is 9.92. The Labute approximate surface area is 159 Å². The van der Waals surface area contributed by atoms with Crippen LogP contribution in [0.25, 0.3) is 0 Å². The third-order valence-electron chi connectivity index (χ3n) is 5.36. The van der Waals surface area contributed by atoms with Gasteiger partial charge in [-0.3, -0.25) is 0 Å². The van der Waals surface area contributed by atoms with Crippen LogP contribution in [0.1, 0.15) is 76.0 Å². The first-order valence-electron chi connectivity index (χ1n) is 10.00. The number of hydrogen-bond donors (Lipinski definition) is 0. The van der Waals surface area contributed by atoms with E-state index < -0.39 is 0 Å². The van der Waals surface area contributed by atoms with Crippen molar-refractivity contribution in [2.24, 2.45) is 0 Å². The van der Waals surface area contributed by atoms with E-state index in [1.807, 2.05) is 0 Å². The Kier molecular flexibility index (Phi) is 5.50. The van der Waals surface area contributed by atoms with E-state index in [9.17, 15) is 0 Å². The Morgan fingerprint density at radius 3 is 1.85 bits per heavy atom. The zero-order chi connectivity index (χ0) is 18.8. The minimum absolute atomic E-state index is 0.522. The van der Waals surface area contributed by atoms with Crippen molar-refractivity contribution in [1.29, 1.82) is 0 Å². The Hall–Kier alpha value is -2.09. The van der Waals surface area contributed by atoms with E-state index in [0.717, 1.165) is 13.1 Å². The number of para-hydroxylation sites is 2. The Balaban J connectivity index is 2.07. The zero-order valence-corrected chi connectivity index (χ0v) is 17.2. The summed E-state index contributed by atoms with van der Waals surface area (Å²) in [5.41, 5.74) is 7.09. The van der Waals surface area contributed by atoms with Crippen LogP contribution in [-0.2, 0) is 0 Å². The van der Waals surface area contributed by atoms with Gasteiger partial charge in [-0.25, -0.2) is 9.48 Å². The summed E-state index contributed by atoms with van der Waals surface area (Å²) in [6, 6.07) is 15.6. The summed E-state index contributed by atoms with van der Waals surface area (Å²) < 4.78 is 2.47. The van der Waals surface area contributed by atoms with Crippen LogP contribution >= 0.6 is 0 Å². The van der Waals surface area contributed by atoms with Crippen LogP contribution in [0.3, 0.4) is 0 Å². The second-order valence-corrected chi connectivity index (χ2v) is 8.31. The van der Waals surface area contributed by atoms with Crippen molar-refractivity contribution in [2.45, 2.75) is 59.3 Å². The average molecular weight is 350 g/mol. The van der Waals surface area contributed by atoms with Crippen LogP contribution in [0, 0.1) is 0 Å². The first kappa shape index (κ1) is 18.7. The van der Waals surface area contributed by atoms with Gasteiger partial charge in [0.05, 0.1) is 0 Å². The molecule has 0 N–H and O–H groups in total. The van der Waals surface area contributed by atoms with E-state index in [1.54, 1.807) is 0 Å². The Morgan fingerprint density at radius 2 is 1.27 bits per heavy atom. The lowest BCUT2D eigenvalue weighted by Crippen LogP contribution is -2.20. The molecule has 1 heterocycles. The van der Waals surface area contributed by atoms with Gasteiger partial charge in [0.15, 0.2) is 0 Å². The second kappa shape index (κ2) is 7.65. The summed E-state index contributed by atoms with van der Waals surface area (Å²) in [6.45, 7) is 15.8. The van der Waals surface area contributed by atoms with Gasteiger partial charge >= 0.3 is 0 Å². The fourth-order valence-corrected chi connectivity index (χ4v) is 3.93. The largest absolute Gasteiger partial charge is 0.244 e. The molecule has 0 saturated heterocycles. The zero-order valence-electron chi connectivity index (χ0n) is 17.2. The van der Waals surface area contributed by atoms with E-state index in [-0.39, 0.29) is 0 Å². The minimum Gasteiger partial charge on any atom is -0.229 e. The molecule has 1 aliphatic rings. The minimum atomic E-state index is 0.522. The maximum Gasteiger partial charge on any atom is 0.244 e. The normalized spacial score (nSPS) is 14.7. The summed E-state index contributed by atoms with van der Waals surface area (Å²) in [6.07, 6.45) is 2.33. The molecule has 0 bridgehead atoms. The molecule has 2 aromatic carbocycles. The van der Waals surface area contributed by atoms with Crippen LogP contribution in [0.2, 0.25) is 0 Å². The van der Waals surface area contributed by atoms with Gasteiger partial charge in [0.2, 0.25) is 6.34 Å². The number of benzene rings is 2. The molecule has 0 saturated carbocycles. The molecule has 1 aliphatic heterocycles. The molecular weight excluding hydrogens is 316 g/mol. The van der Waals surface area contributed by atoms with Crippen molar-refractivity contribution >= 4 is 17.7 Å². The Morgan fingerprint density at radius 1 is 0.731 bits per heavy atom. The fourth-order valence-electron chi connectivity index (χ4n) is 3.93. The van der Waals surface area contributed by atoms with Gasteiger partial charge in [-0.15, -0.1) is 0 Å². The lowest BCUT2D eigenvalue weighted by molar-refractivity contribution is -0.425. The molecule has 26 heavy (non-hydrogen) atoms. The van der Waals surface area contributed by atoms with Crippen molar-refractivity contribution in [3.05, 3.63) is 59.2 Å². The van der Waals surface area contributed by atoms with Gasteiger partial charge in [-0.2, -0.15) is 0 Å². The molecule has 0 radical (unpaired) electrons. The lowest BCUT2D eigenvalue weighted by Gasteiger charge is -2.18. The van der Waals surface area contributed by atoms with Crippen LogP contribution in [-0.4, -0.2) is 24.0 Å². The third kappa shape index (κ3) is 3.56. The molecule has 3 rings (SSSR count). The summed E-state index contributed by atoms with van der Waals surface area (Å²) in [4.78, 5) is 2.43. The van der Waals surface area contributed by atoms with Gasteiger partial charge < -0.3 is 0 Å². The van der Waals surface area contributed by atoms with Crippen LogP contribution in [0.15, 0.2) is 42.5 Å². The Bertz CT molecular complexity index is 773. The molecule has 2 aromatic rings. The van der Waals surface area contributed by atoms with Gasteiger partial charge in [-0.05, 0) is 23.8 Å². The van der Waals surface area contributed by atoms with Gasteiger partial charge in [-0.1, -0.05) is 77.9 Å². The standard InChI is InChI=1S/C24H33N2/c1-17(2)20-10-7-8-13-23(20)25-14-15-26(16-25)24-21(18(3)4)11-9-12-22(24)19(5)6/h7-13,16-19H,14-15H2,1-6H3/q+1. The SMILES string of the molecule is CC(C)c1ccccc1N1C=[N+](c2c(C(C)C)cccc2C(C)C)CC1. The van der Waals surface area contributed by atoms with Crippen molar-refractivity contribution in [3.8, 4) is 0 Å². The number of nitrogens with zero attached hydrogens (tertiary/aromatic N) is 2. The summed E-state index contributed by atoms with van der Waals surface area (Å²) in [5.74, 6) is 1.58.